The summed E-state index contributed by atoms with van der Waals surface area (Å²) in [7, 11) is -4.23. The summed E-state index contributed by atoms with van der Waals surface area (Å²) in [5, 5.41) is 4.16. The lowest BCUT2D eigenvalue weighted by molar-refractivity contribution is -0.139. The second-order valence-electron chi connectivity index (χ2n) is 10.2. The van der Waals surface area contributed by atoms with Crippen molar-refractivity contribution in [2.75, 3.05) is 10.8 Å². The molecule has 224 valence electrons. The first-order chi connectivity index (χ1) is 20.0. The van der Waals surface area contributed by atoms with E-state index in [-0.39, 0.29) is 39.1 Å². The maximum Gasteiger partial charge on any atom is 0.264 e. The Hall–Kier alpha value is -2.49. The summed E-state index contributed by atoms with van der Waals surface area (Å²) in [5.41, 5.74) is 0.698. The average molecular weight is 671 g/mol. The lowest BCUT2D eigenvalue weighted by atomic mass is 9.95. The van der Waals surface area contributed by atoms with Crippen LogP contribution in [0, 0.1) is 0 Å². The minimum absolute atomic E-state index is 0.0146. The van der Waals surface area contributed by atoms with Crippen LogP contribution in [-0.4, -0.2) is 43.8 Å². The Morgan fingerprint density at radius 3 is 2.21 bits per heavy atom. The summed E-state index contributed by atoms with van der Waals surface area (Å²) in [5.74, 6) is -0.940. The number of halogens is 4. The van der Waals surface area contributed by atoms with Crippen molar-refractivity contribution in [1.29, 1.82) is 0 Å². The number of carbonyl (C=O) groups is 2. The van der Waals surface area contributed by atoms with E-state index in [1.807, 2.05) is 0 Å². The van der Waals surface area contributed by atoms with E-state index >= 15 is 0 Å². The van der Waals surface area contributed by atoms with Crippen LogP contribution in [0.5, 0.6) is 0 Å². The molecule has 1 saturated carbocycles. The molecular formula is C30H31Cl4N3O4S. The quantitative estimate of drug-likeness (QED) is 0.244. The van der Waals surface area contributed by atoms with Crippen molar-refractivity contribution in [3.8, 4) is 0 Å². The van der Waals surface area contributed by atoms with E-state index in [9.17, 15) is 18.0 Å². The first kappa shape index (κ1) is 32.4. The molecule has 3 aromatic rings. The van der Waals surface area contributed by atoms with Crippen molar-refractivity contribution in [2.45, 2.75) is 62.6 Å². The van der Waals surface area contributed by atoms with Crippen LogP contribution >= 0.6 is 46.4 Å². The van der Waals surface area contributed by atoms with Crippen molar-refractivity contribution >= 4 is 73.9 Å². The van der Waals surface area contributed by atoms with Crippen LogP contribution in [0.15, 0.2) is 71.6 Å². The van der Waals surface area contributed by atoms with Gasteiger partial charge in [0.2, 0.25) is 11.8 Å². The van der Waals surface area contributed by atoms with Gasteiger partial charge in [-0.15, -0.1) is 0 Å². The average Bonchev–Trinajstić information content (AvgIpc) is 2.97. The van der Waals surface area contributed by atoms with Crippen LogP contribution in [0.3, 0.4) is 0 Å². The number of nitrogens with zero attached hydrogens (tertiary/aromatic N) is 2. The van der Waals surface area contributed by atoms with Crippen LogP contribution in [0.4, 0.5) is 5.69 Å². The molecule has 2 amide bonds. The van der Waals surface area contributed by atoms with Crippen LogP contribution in [0.1, 0.15) is 44.6 Å². The molecule has 1 fully saturated rings. The number of amides is 2. The lowest BCUT2D eigenvalue weighted by Gasteiger charge is -2.33. The Bertz CT molecular complexity index is 1530. The predicted octanol–water partition coefficient (Wildman–Crippen LogP) is 7.36. The highest BCUT2D eigenvalue weighted by Crippen LogP contribution is 2.31. The lowest BCUT2D eigenvalue weighted by Crippen LogP contribution is -2.53. The van der Waals surface area contributed by atoms with Crippen molar-refractivity contribution in [2.24, 2.45) is 0 Å². The van der Waals surface area contributed by atoms with Gasteiger partial charge in [-0.25, -0.2) is 8.42 Å². The van der Waals surface area contributed by atoms with Gasteiger partial charge in [-0.3, -0.25) is 13.9 Å². The molecule has 0 saturated heterocycles. The molecule has 1 N–H and O–H groups in total. The highest BCUT2D eigenvalue weighted by molar-refractivity contribution is 7.92. The fraction of sp³-hybridized carbons (Fsp3) is 0.333. The summed E-state index contributed by atoms with van der Waals surface area (Å²) in [6.07, 6.45) is 4.92. The van der Waals surface area contributed by atoms with Crippen LogP contribution in [0.25, 0.3) is 0 Å². The molecule has 1 aliphatic carbocycles. The van der Waals surface area contributed by atoms with E-state index in [2.05, 4.69) is 5.32 Å². The Morgan fingerprint density at radius 1 is 0.881 bits per heavy atom. The number of carbonyl (C=O) groups excluding carboxylic acids is 2. The van der Waals surface area contributed by atoms with Gasteiger partial charge in [0.25, 0.3) is 10.0 Å². The molecule has 7 nitrogen and oxygen atoms in total. The molecule has 1 atom stereocenters. The zero-order valence-electron chi connectivity index (χ0n) is 22.9. The second-order valence-corrected chi connectivity index (χ2v) is 13.7. The van der Waals surface area contributed by atoms with Gasteiger partial charge in [0.1, 0.15) is 12.6 Å². The van der Waals surface area contributed by atoms with E-state index in [1.165, 1.54) is 35.2 Å². The summed E-state index contributed by atoms with van der Waals surface area (Å²) < 4.78 is 28.7. The molecule has 0 aliphatic heterocycles. The van der Waals surface area contributed by atoms with E-state index in [1.54, 1.807) is 43.3 Å². The summed E-state index contributed by atoms with van der Waals surface area (Å²) in [4.78, 5) is 28.8. The predicted molar refractivity (Wildman–Crippen MR) is 169 cm³/mol. The van der Waals surface area contributed by atoms with Gasteiger partial charge >= 0.3 is 0 Å². The SMILES string of the molecule is C[C@@H](C(=O)NC1CCCCC1)N(Cc1ccc(Cl)cc1Cl)C(=O)CN(c1ccc(Cl)c(Cl)c1)S(=O)(=O)c1ccccc1. The highest BCUT2D eigenvalue weighted by atomic mass is 35.5. The van der Waals surface area contributed by atoms with Gasteiger partial charge in [0.05, 0.1) is 20.6 Å². The molecule has 12 heteroatoms. The second kappa shape index (κ2) is 14.3. The standard InChI is InChI=1S/C30H31Cl4N3O4S/c1-20(30(39)35-23-8-4-2-5-9-23)36(18-21-12-13-22(31)16-27(21)33)29(38)19-37(24-14-15-26(32)28(34)17-24)42(40,41)25-10-6-3-7-11-25/h3,6-7,10-17,20,23H,2,4-5,8-9,18-19H2,1H3,(H,35,39)/t20-/m0/s1. The number of hydrogen-bond donors (Lipinski definition) is 1. The number of benzene rings is 3. The van der Waals surface area contributed by atoms with Gasteiger partial charge in [-0.05, 0) is 67.8 Å². The number of sulfonamides is 1. The van der Waals surface area contributed by atoms with Crippen LogP contribution in [-0.2, 0) is 26.2 Å². The molecule has 1 aliphatic rings. The third-order valence-corrected chi connectivity index (χ3v) is 10.4. The van der Waals surface area contributed by atoms with Gasteiger partial charge in [0, 0.05) is 22.6 Å². The molecule has 0 aromatic heterocycles. The largest absolute Gasteiger partial charge is 0.352 e. The van der Waals surface area contributed by atoms with Crippen molar-refractivity contribution in [3.05, 3.63) is 92.4 Å². The third kappa shape index (κ3) is 7.91. The minimum Gasteiger partial charge on any atom is -0.352 e. The van der Waals surface area contributed by atoms with Crippen molar-refractivity contribution in [1.82, 2.24) is 10.2 Å². The number of rotatable bonds is 10. The summed E-state index contributed by atoms with van der Waals surface area (Å²) >= 11 is 24.9. The first-order valence-electron chi connectivity index (χ1n) is 13.5. The molecule has 0 unspecified atom stereocenters. The van der Waals surface area contributed by atoms with Crippen LogP contribution < -0.4 is 9.62 Å². The molecule has 0 bridgehead atoms. The summed E-state index contributed by atoms with van der Waals surface area (Å²) in [6, 6.07) is 16.0. The zero-order chi connectivity index (χ0) is 30.4. The normalized spacial score (nSPS) is 14.7. The first-order valence-corrected chi connectivity index (χ1v) is 16.5. The van der Waals surface area contributed by atoms with Gasteiger partial charge in [-0.1, -0.05) is 89.9 Å². The molecular weight excluding hydrogens is 640 g/mol. The minimum atomic E-state index is -4.23. The molecule has 42 heavy (non-hydrogen) atoms. The summed E-state index contributed by atoms with van der Waals surface area (Å²) in [6.45, 7) is 0.964. The Morgan fingerprint density at radius 2 is 1.57 bits per heavy atom. The smallest absolute Gasteiger partial charge is 0.264 e. The van der Waals surface area contributed by atoms with E-state index in [4.69, 9.17) is 46.4 Å². The zero-order valence-corrected chi connectivity index (χ0v) is 26.7. The van der Waals surface area contributed by atoms with Gasteiger partial charge in [-0.2, -0.15) is 0 Å². The molecule has 4 rings (SSSR count). The number of anilines is 1. The molecule has 3 aromatic carbocycles. The number of hydrogen-bond acceptors (Lipinski definition) is 4. The monoisotopic (exact) mass is 669 g/mol. The Kier molecular flexibility index (Phi) is 11.1. The molecule has 0 spiro atoms. The number of nitrogens with one attached hydrogen (secondary N) is 1. The fourth-order valence-electron chi connectivity index (χ4n) is 4.87. The maximum atomic E-state index is 14.1. The Balaban J connectivity index is 1.70. The molecule has 0 heterocycles. The van der Waals surface area contributed by atoms with E-state index in [0.29, 0.717) is 15.6 Å². The van der Waals surface area contributed by atoms with E-state index < -0.39 is 28.5 Å². The van der Waals surface area contributed by atoms with Crippen molar-refractivity contribution < 1.29 is 18.0 Å². The molecule has 0 radical (unpaired) electrons. The van der Waals surface area contributed by atoms with E-state index in [0.717, 1.165) is 36.4 Å². The third-order valence-electron chi connectivity index (χ3n) is 7.28. The maximum absolute atomic E-state index is 14.1. The van der Waals surface area contributed by atoms with Gasteiger partial charge in [0.15, 0.2) is 0 Å². The van der Waals surface area contributed by atoms with Crippen LogP contribution in [0.2, 0.25) is 20.1 Å². The fourth-order valence-corrected chi connectivity index (χ4v) is 7.06. The topological polar surface area (TPSA) is 86.8 Å². The van der Waals surface area contributed by atoms with Gasteiger partial charge < -0.3 is 10.2 Å². The van der Waals surface area contributed by atoms with Crippen molar-refractivity contribution in [3.63, 3.8) is 0 Å². The highest BCUT2D eigenvalue weighted by Gasteiger charge is 2.33. The Labute approximate surface area is 266 Å².